The lowest BCUT2D eigenvalue weighted by molar-refractivity contribution is -0.132. The van der Waals surface area contributed by atoms with Crippen LogP contribution in [0.3, 0.4) is 0 Å². The summed E-state index contributed by atoms with van der Waals surface area (Å²) in [6.07, 6.45) is 1.33. The van der Waals surface area contributed by atoms with Crippen LogP contribution in [0.15, 0.2) is 16.3 Å². The summed E-state index contributed by atoms with van der Waals surface area (Å²) in [5, 5.41) is 0. The van der Waals surface area contributed by atoms with Crippen LogP contribution < -0.4 is 0 Å². The van der Waals surface area contributed by atoms with E-state index in [0.29, 0.717) is 36.9 Å². The molecule has 1 aromatic rings. The number of hydrogen-bond donors (Lipinski definition) is 0. The van der Waals surface area contributed by atoms with Crippen molar-refractivity contribution in [1.82, 2.24) is 9.21 Å². The van der Waals surface area contributed by atoms with Crippen LogP contribution >= 0.6 is 22.9 Å². The number of amides is 1. The molecule has 0 atom stereocenters. The Morgan fingerprint density at radius 2 is 1.95 bits per heavy atom. The molecule has 2 rings (SSSR count). The van der Waals surface area contributed by atoms with E-state index in [2.05, 4.69) is 0 Å². The molecule has 1 aliphatic heterocycles. The minimum Gasteiger partial charge on any atom is -0.340 e. The van der Waals surface area contributed by atoms with Crippen LogP contribution in [-0.4, -0.2) is 49.7 Å². The third kappa shape index (κ3) is 3.33. The van der Waals surface area contributed by atoms with E-state index in [1.165, 1.54) is 10.4 Å². The van der Waals surface area contributed by atoms with Crippen molar-refractivity contribution in [3.63, 3.8) is 0 Å². The molecule has 0 spiro atoms. The third-order valence-electron chi connectivity index (χ3n) is 3.20. The van der Waals surface area contributed by atoms with E-state index in [-0.39, 0.29) is 10.1 Å². The fraction of sp³-hybridized carbons (Fsp3) is 0.583. The van der Waals surface area contributed by atoms with Crippen molar-refractivity contribution in [2.24, 2.45) is 0 Å². The van der Waals surface area contributed by atoms with Crippen molar-refractivity contribution in [3.05, 3.63) is 16.5 Å². The van der Waals surface area contributed by atoms with E-state index in [1.54, 1.807) is 11.0 Å². The molecule has 112 valence electrons. The largest absolute Gasteiger partial charge is 0.340 e. The van der Waals surface area contributed by atoms with E-state index in [9.17, 15) is 13.2 Å². The first-order valence-corrected chi connectivity index (χ1v) is 9.12. The third-order valence-corrected chi connectivity index (χ3v) is 6.80. The maximum Gasteiger partial charge on any atom is 0.252 e. The van der Waals surface area contributed by atoms with Gasteiger partial charge < -0.3 is 4.90 Å². The van der Waals surface area contributed by atoms with Crippen molar-refractivity contribution in [1.29, 1.82) is 0 Å². The zero-order valence-corrected chi connectivity index (χ0v) is 13.6. The number of sulfonamides is 1. The fourth-order valence-corrected chi connectivity index (χ4v) is 5.17. The summed E-state index contributed by atoms with van der Waals surface area (Å²) >= 11 is 6.85. The molecule has 1 fully saturated rings. The average molecular weight is 337 g/mol. The monoisotopic (exact) mass is 336 g/mol. The van der Waals surface area contributed by atoms with Gasteiger partial charge in [-0.05, 0) is 18.6 Å². The van der Waals surface area contributed by atoms with Crippen LogP contribution in [0.25, 0.3) is 0 Å². The zero-order chi connectivity index (χ0) is 14.8. The smallest absolute Gasteiger partial charge is 0.252 e. The summed E-state index contributed by atoms with van der Waals surface area (Å²) in [7, 11) is -3.47. The van der Waals surface area contributed by atoms with Gasteiger partial charge in [-0.15, -0.1) is 11.3 Å². The second-order valence-corrected chi connectivity index (χ2v) is 8.47. The Morgan fingerprint density at radius 1 is 1.30 bits per heavy atom. The molecule has 1 amide bonds. The molecular formula is C12H17ClN2O3S2. The number of carbonyl (C=O) groups excluding carboxylic acids is 1. The van der Waals surface area contributed by atoms with Crippen LogP contribution in [-0.2, 0) is 14.8 Å². The molecule has 0 radical (unpaired) electrons. The number of rotatable bonds is 4. The number of halogens is 1. The minimum atomic E-state index is -3.47. The van der Waals surface area contributed by atoms with Gasteiger partial charge in [-0.2, -0.15) is 4.31 Å². The number of thiophene rings is 1. The first-order valence-electron chi connectivity index (χ1n) is 6.48. The standard InChI is InChI=1S/C12H17ClN2O3S2/c1-2-3-11(16)14-6-8-15(9-7-14)20(17,18)12-5-4-10(13)19-12/h4-5H,2-3,6-9H2,1H3. The molecule has 0 saturated carbocycles. The van der Waals surface area contributed by atoms with Crippen LogP contribution in [0.2, 0.25) is 4.34 Å². The maximum atomic E-state index is 12.4. The van der Waals surface area contributed by atoms with Gasteiger partial charge in [-0.3, -0.25) is 4.79 Å². The number of piperazine rings is 1. The molecule has 8 heteroatoms. The van der Waals surface area contributed by atoms with Crippen LogP contribution in [0.5, 0.6) is 0 Å². The molecule has 5 nitrogen and oxygen atoms in total. The number of carbonyl (C=O) groups is 1. The summed E-state index contributed by atoms with van der Waals surface area (Å²) in [5.41, 5.74) is 0. The van der Waals surface area contributed by atoms with Crippen LogP contribution in [0, 0.1) is 0 Å². The highest BCUT2D eigenvalue weighted by molar-refractivity contribution is 7.91. The van der Waals surface area contributed by atoms with Gasteiger partial charge in [0.25, 0.3) is 10.0 Å². The van der Waals surface area contributed by atoms with E-state index in [4.69, 9.17) is 11.6 Å². The quantitative estimate of drug-likeness (QED) is 0.845. The molecule has 1 aliphatic rings. The lowest BCUT2D eigenvalue weighted by Crippen LogP contribution is -2.50. The van der Waals surface area contributed by atoms with Gasteiger partial charge in [0.05, 0.1) is 4.34 Å². The summed E-state index contributed by atoms with van der Waals surface area (Å²) in [6, 6.07) is 3.11. The van der Waals surface area contributed by atoms with E-state index < -0.39 is 10.0 Å². The highest BCUT2D eigenvalue weighted by atomic mass is 35.5. The first-order chi connectivity index (χ1) is 9.45. The highest BCUT2D eigenvalue weighted by Gasteiger charge is 2.30. The fourth-order valence-electron chi connectivity index (χ4n) is 2.11. The summed E-state index contributed by atoms with van der Waals surface area (Å²) in [4.78, 5) is 13.5. The number of hydrogen-bond acceptors (Lipinski definition) is 4. The summed E-state index contributed by atoms with van der Waals surface area (Å²) in [6.45, 7) is 3.55. The van der Waals surface area contributed by atoms with Gasteiger partial charge in [-0.1, -0.05) is 18.5 Å². The number of nitrogens with zero attached hydrogens (tertiary/aromatic N) is 2. The van der Waals surface area contributed by atoms with Crippen molar-refractivity contribution in [2.45, 2.75) is 24.0 Å². The molecule has 2 heterocycles. The Labute approximate surface area is 128 Å². The zero-order valence-electron chi connectivity index (χ0n) is 11.2. The Hall–Kier alpha value is -0.630. The molecular weight excluding hydrogens is 320 g/mol. The molecule has 0 N–H and O–H groups in total. The average Bonchev–Trinajstić information content (AvgIpc) is 2.86. The lowest BCUT2D eigenvalue weighted by atomic mass is 10.2. The lowest BCUT2D eigenvalue weighted by Gasteiger charge is -2.33. The van der Waals surface area contributed by atoms with E-state index >= 15 is 0 Å². The van der Waals surface area contributed by atoms with Crippen molar-refractivity contribution in [3.8, 4) is 0 Å². The van der Waals surface area contributed by atoms with Crippen molar-refractivity contribution >= 4 is 38.9 Å². The van der Waals surface area contributed by atoms with E-state index in [0.717, 1.165) is 17.8 Å². The van der Waals surface area contributed by atoms with E-state index in [1.807, 2.05) is 6.92 Å². The van der Waals surface area contributed by atoms with Gasteiger partial charge in [0.1, 0.15) is 4.21 Å². The second-order valence-electron chi connectivity index (χ2n) is 4.59. The molecule has 0 aromatic carbocycles. The Balaban J connectivity index is 2.02. The Kier molecular flexibility index (Phi) is 5.06. The summed E-state index contributed by atoms with van der Waals surface area (Å²) in [5.74, 6) is 0.101. The predicted octanol–water partition coefficient (Wildman–Crippen LogP) is 2.03. The second kappa shape index (κ2) is 6.43. The maximum absolute atomic E-state index is 12.4. The van der Waals surface area contributed by atoms with Crippen molar-refractivity contribution < 1.29 is 13.2 Å². The molecule has 0 bridgehead atoms. The first kappa shape index (κ1) is 15.8. The van der Waals surface area contributed by atoms with Crippen LogP contribution in [0.4, 0.5) is 0 Å². The van der Waals surface area contributed by atoms with Gasteiger partial charge >= 0.3 is 0 Å². The van der Waals surface area contributed by atoms with Gasteiger partial charge in [0, 0.05) is 32.6 Å². The SMILES string of the molecule is CCCC(=O)N1CCN(S(=O)(=O)c2ccc(Cl)s2)CC1. The Morgan fingerprint density at radius 3 is 2.45 bits per heavy atom. The van der Waals surface area contributed by atoms with Crippen molar-refractivity contribution in [2.75, 3.05) is 26.2 Å². The van der Waals surface area contributed by atoms with Gasteiger partial charge in [0.15, 0.2) is 0 Å². The molecule has 1 aromatic heterocycles. The normalized spacial score (nSPS) is 17.4. The topological polar surface area (TPSA) is 57.7 Å². The van der Waals surface area contributed by atoms with Crippen LogP contribution in [0.1, 0.15) is 19.8 Å². The molecule has 0 unspecified atom stereocenters. The van der Waals surface area contributed by atoms with Gasteiger partial charge in [0.2, 0.25) is 5.91 Å². The minimum absolute atomic E-state index is 0.101. The summed E-state index contributed by atoms with van der Waals surface area (Å²) < 4.78 is 26.9. The predicted molar refractivity (Wildman–Crippen MR) is 79.6 cm³/mol. The van der Waals surface area contributed by atoms with Gasteiger partial charge in [-0.25, -0.2) is 8.42 Å². The molecule has 20 heavy (non-hydrogen) atoms. The Bertz CT molecular complexity index is 577. The molecule has 0 aliphatic carbocycles. The highest BCUT2D eigenvalue weighted by Crippen LogP contribution is 2.28. The molecule has 1 saturated heterocycles.